The fraction of sp³-hybridized carbons (Fsp3) is 0.0833. The second-order valence-electron chi connectivity index (χ2n) is 3.61. The summed E-state index contributed by atoms with van der Waals surface area (Å²) in [6.07, 6.45) is 3.74. The molecule has 0 fully saturated rings. The minimum atomic E-state index is 1.11. The molecule has 74 valence electrons. The van der Waals surface area contributed by atoms with E-state index >= 15 is 0 Å². The van der Waals surface area contributed by atoms with Crippen molar-refractivity contribution in [2.75, 3.05) is 0 Å². The molecule has 0 saturated carbocycles. The number of hydrogen-bond donors (Lipinski definition) is 0. The van der Waals surface area contributed by atoms with Gasteiger partial charge in [0.25, 0.3) is 0 Å². The van der Waals surface area contributed by atoms with Crippen molar-refractivity contribution < 1.29 is 0 Å². The van der Waals surface area contributed by atoms with Gasteiger partial charge in [0, 0.05) is 34.0 Å². The van der Waals surface area contributed by atoms with Crippen LogP contribution in [0.5, 0.6) is 0 Å². The highest BCUT2D eigenvalue weighted by Gasteiger charge is 2.07. The summed E-state index contributed by atoms with van der Waals surface area (Å²) >= 11 is 3.50. The van der Waals surface area contributed by atoms with Crippen LogP contribution in [0.3, 0.4) is 0 Å². The van der Waals surface area contributed by atoms with Gasteiger partial charge in [-0.3, -0.25) is 4.98 Å². The summed E-state index contributed by atoms with van der Waals surface area (Å²) in [6.45, 7) is 0. The Balaban J connectivity index is 2.64. The van der Waals surface area contributed by atoms with Crippen LogP contribution in [0.4, 0.5) is 0 Å². The Bertz CT molecular complexity index is 655. The van der Waals surface area contributed by atoms with Crippen LogP contribution in [-0.2, 0) is 7.05 Å². The van der Waals surface area contributed by atoms with E-state index in [1.807, 2.05) is 12.4 Å². The number of fused-ring (bicyclic) bond motifs is 3. The molecule has 0 spiro atoms. The molecule has 0 atom stereocenters. The molecule has 0 N–H and O–H groups in total. The molecule has 0 saturated heterocycles. The third-order valence-corrected chi connectivity index (χ3v) is 3.26. The maximum absolute atomic E-state index is 4.16. The van der Waals surface area contributed by atoms with Gasteiger partial charge in [0.2, 0.25) is 0 Å². The second-order valence-corrected chi connectivity index (χ2v) is 4.53. The fourth-order valence-corrected chi connectivity index (χ4v) is 2.39. The summed E-state index contributed by atoms with van der Waals surface area (Å²) in [5.41, 5.74) is 2.41. The standard InChI is InChI=1S/C12H9BrN2/c1-15-11-3-2-8(13)6-10(11)9-4-5-14-7-12(9)15/h2-7H,1H3. The Morgan fingerprint density at radius 1 is 1.13 bits per heavy atom. The first-order chi connectivity index (χ1) is 7.27. The quantitative estimate of drug-likeness (QED) is 0.605. The molecule has 0 aliphatic rings. The van der Waals surface area contributed by atoms with Crippen LogP contribution in [-0.4, -0.2) is 9.55 Å². The van der Waals surface area contributed by atoms with Gasteiger partial charge in [-0.1, -0.05) is 15.9 Å². The second kappa shape index (κ2) is 3.07. The van der Waals surface area contributed by atoms with Crippen LogP contribution in [0.25, 0.3) is 21.8 Å². The minimum Gasteiger partial charge on any atom is -0.342 e. The van der Waals surface area contributed by atoms with Crippen LogP contribution in [0.2, 0.25) is 0 Å². The molecule has 3 rings (SSSR count). The number of benzene rings is 1. The SMILES string of the molecule is Cn1c2ccc(Br)cc2c2ccncc21. The van der Waals surface area contributed by atoms with Crippen LogP contribution < -0.4 is 0 Å². The maximum atomic E-state index is 4.16. The van der Waals surface area contributed by atoms with Crippen molar-refractivity contribution in [1.82, 2.24) is 9.55 Å². The molecule has 1 aromatic carbocycles. The van der Waals surface area contributed by atoms with Gasteiger partial charge in [0.05, 0.1) is 11.7 Å². The number of aromatic nitrogens is 2. The molecule has 3 aromatic rings. The largest absolute Gasteiger partial charge is 0.342 e. The van der Waals surface area contributed by atoms with E-state index in [-0.39, 0.29) is 0 Å². The minimum absolute atomic E-state index is 1.11. The zero-order valence-electron chi connectivity index (χ0n) is 8.24. The normalized spacial score (nSPS) is 11.3. The summed E-state index contributed by atoms with van der Waals surface area (Å²) in [4.78, 5) is 4.16. The van der Waals surface area contributed by atoms with Crippen molar-refractivity contribution in [1.29, 1.82) is 0 Å². The van der Waals surface area contributed by atoms with Crippen LogP contribution >= 0.6 is 15.9 Å². The zero-order valence-corrected chi connectivity index (χ0v) is 9.82. The van der Waals surface area contributed by atoms with Gasteiger partial charge in [0.1, 0.15) is 0 Å². The van der Waals surface area contributed by atoms with Gasteiger partial charge in [-0.05, 0) is 24.3 Å². The van der Waals surface area contributed by atoms with E-state index in [0.717, 1.165) is 4.47 Å². The first-order valence-corrected chi connectivity index (χ1v) is 5.54. The third-order valence-electron chi connectivity index (χ3n) is 2.77. The summed E-state index contributed by atoms with van der Waals surface area (Å²) in [7, 11) is 2.07. The molecule has 0 bridgehead atoms. The molecule has 2 aromatic heterocycles. The van der Waals surface area contributed by atoms with Gasteiger partial charge < -0.3 is 4.57 Å². The monoisotopic (exact) mass is 260 g/mol. The molecule has 3 heteroatoms. The van der Waals surface area contributed by atoms with Gasteiger partial charge >= 0.3 is 0 Å². The molecular weight excluding hydrogens is 252 g/mol. The molecule has 15 heavy (non-hydrogen) atoms. The zero-order chi connectivity index (χ0) is 10.4. The molecule has 2 heterocycles. The Hall–Kier alpha value is -1.35. The van der Waals surface area contributed by atoms with Gasteiger partial charge in [-0.15, -0.1) is 0 Å². The highest BCUT2D eigenvalue weighted by molar-refractivity contribution is 9.10. The van der Waals surface area contributed by atoms with E-state index < -0.39 is 0 Å². The Kier molecular flexibility index (Phi) is 1.83. The number of rotatable bonds is 0. The van der Waals surface area contributed by atoms with Crippen LogP contribution in [0.15, 0.2) is 41.1 Å². The molecule has 0 aliphatic carbocycles. The predicted octanol–water partition coefficient (Wildman–Crippen LogP) is 3.49. The first kappa shape index (κ1) is 8.92. The van der Waals surface area contributed by atoms with E-state index in [1.165, 1.54) is 21.8 Å². The number of aryl methyl sites for hydroxylation is 1. The van der Waals surface area contributed by atoms with E-state index in [1.54, 1.807) is 0 Å². The predicted molar refractivity (Wildman–Crippen MR) is 65.9 cm³/mol. The number of pyridine rings is 1. The summed E-state index contributed by atoms with van der Waals surface area (Å²) in [5, 5.41) is 2.52. The highest BCUT2D eigenvalue weighted by atomic mass is 79.9. The van der Waals surface area contributed by atoms with E-state index in [9.17, 15) is 0 Å². The van der Waals surface area contributed by atoms with Gasteiger partial charge in [-0.2, -0.15) is 0 Å². The number of hydrogen-bond acceptors (Lipinski definition) is 1. The Morgan fingerprint density at radius 3 is 2.87 bits per heavy atom. The smallest absolute Gasteiger partial charge is 0.0675 e. The lowest BCUT2D eigenvalue weighted by Gasteiger charge is -1.96. The summed E-state index contributed by atoms with van der Waals surface area (Å²) in [6, 6.07) is 8.40. The average Bonchev–Trinajstić information content (AvgIpc) is 2.54. The van der Waals surface area contributed by atoms with Gasteiger partial charge in [-0.25, -0.2) is 0 Å². The topological polar surface area (TPSA) is 17.8 Å². The lowest BCUT2D eigenvalue weighted by atomic mass is 10.2. The lowest BCUT2D eigenvalue weighted by Crippen LogP contribution is -1.86. The van der Waals surface area contributed by atoms with Crippen molar-refractivity contribution in [3.05, 3.63) is 41.1 Å². The first-order valence-electron chi connectivity index (χ1n) is 4.75. The highest BCUT2D eigenvalue weighted by Crippen LogP contribution is 2.29. The van der Waals surface area contributed by atoms with Crippen molar-refractivity contribution in [3.63, 3.8) is 0 Å². The van der Waals surface area contributed by atoms with Crippen molar-refractivity contribution >= 4 is 37.7 Å². The Labute approximate surface area is 95.7 Å². The molecular formula is C12H9BrN2. The fourth-order valence-electron chi connectivity index (χ4n) is 2.03. The summed E-state index contributed by atoms with van der Waals surface area (Å²) in [5.74, 6) is 0. The molecule has 0 amide bonds. The molecule has 0 aliphatic heterocycles. The number of nitrogens with zero attached hydrogens (tertiary/aromatic N) is 2. The Morgan fingerprint density at radius 2 is 2.00 bits per heavy atom. The average molecular weight is 261 g/mol. The molecule has 0 radical (unpaired) electrons. The number of halogens is 1. The van der Waals surface area contributed by atoms with E-state index in [2.05, 4.69) is 56.8 Å². The van der Waals surface area contributed by atoms with E-state index in [4.69, 9.17) is 0 Å². The maximum Gasteiger partial charge on any atom is 0.0675 e. The lowest BCUT2D eigenvalue weighted by molar-refractivity contribution is 1.01. The van der Waals surface area contributed by atoms with Crippen LogP contribution in [0, 0.1) is 0 Å². The van der Waals surface area contributed by atoms with Gasteiger partial charge in [0.15, 0.2) is 0 Å². The van der Waals surface area contributed by atoms with Crippen molar-refractivity contribution in [2.45, 2.75) is 0 Å². The van der Waals surface area contributed by atoms with Crippen molar-refractivity contribution in [2.24, 2.45) is 7.05 Å². The molecule has 2 nitrogen and oxygen atoms in total. The summed E-state index contributed by atoms with van der Waals surface area (Å²) < 4.78 is 3.28. The third kappa shape index (κ3) is 1.20. The van der Waals surface area contributed by atoms with E-state index in [0.29, 0.717) is 0 Å². The van der Waals surface area contributed by atoms with Crippen molar-refractivity contribution in [3.8, 4) is 0 Å². The van der Waals surface area contributed by atoms with Crippen LogP contribution in [0.1, 0.15) is 0 Å². The molecule has 0 unspecified atom stereocenters.